The van der Waals surface area contributed by atoms with Crippen molar-refractivity contribution in [3.63, 3.8) is 0 Å². The van der Waals surface area contributed by atoms with Crippen LogP contribution >= 0.6 is 0 Å². The SMILES string of the molecule is CCC(CC)c1ccc(CN(C)C)cc1. The first-order chi connectivity index (χ1) is 7.17. The zero-order chi connectivity index (χ0) is 11.3. The molecule has 15 heavy (non-hydrogen) atoms. The van der Waals surface area contributed by atoms with E-state index in [0.717, 1.165) is 12.5 Å². The second kappa shape index (κ2) is 5.92. The highest BCUT2D eigenvalue weighted by atomic mass is 15.0. The first kappa shape index (κ1) is 12.3. The Balaban J connectivity index is 2.71. The van der Waals surface area contributed by atoms with E-state index in [0.29, 0.717) is 0 Å². The Morgan fingerprint density at radius 2 is 1.53 bits per heavy atom. The summed E-state index contributed by atoms with van der Waals surface area (Å²) in [4.78, 5) is 2.20. The highest BCUT2D eigenvalue weighted by Crippen LogP contribution is 2.23. The van der Waals surface area contributed by atoms with Crippen molar-refractivity contribution in [2.45, 2.75) is 39.2 Å². The third-order valence-electron chi connectivity index (χ3n) is 2.94. The predicted octanol–water partition coefficient (Wildman–Crippen LogP) is 3.65. The van der Waals surface area contributed by atoms with Crippen molar-refractivity contribution in [1.82, 2.24) is 4.90 Å². The van der Waals surface area contributed by atoms with Gasteiger partial charge in [0.25, 0.3) is 0 Å². The smallest absolute Gasteiger partial charge is 0.0227 e. The van der Waals surface area contributed by atoms with Gasteiger partial charge in [-0.2, -0.15) is 0 Å². The third kappa shape index (κ3) is 3.67. The molecule has 1 aromatic rings. The topological polar surface area (TPSA) is 3.24 Å². The zero-order valence-electron chi connectivity index (χ0n) is 10.5. The molecule has 0 N–H and O–H groups in total. The van der Waals surface area contributed by atoms with Crippen LogP contribution in [0.1, 0.15) is 43.7 Å². The van der Waals surface area contributed by atoms with Gasteiger partial charge in [0.15, 0.2) is 0 Å². The van der Waals surface area contributed by atoms with Crippen LogP contribution in [0.2, 0.25) is 0 Å². The van der Waals surface area contributed by atoms with Gasteiger partial charge >= 0.3 is 0 Å². The number of rotatable bonds is 5. The molecular weight excluding hydrogens is 182 g/mol. The van der Waals surface area contributed by atoms with E-state index in [2.05, 4.69) is 57.1 Å². The van der Waals surface area contributed by atoms with E-state index in [1.54, 1.807) is 0 Å². The van der Waals surface area contributed by atoms with Gasteiger partial charge in [-0.05, 0) is 44.0 Å². The van der Waals surface area contributed by atoms with Crippen molar-refractivity contribution in [3.05, 3.63) is 35.4 Å². The van der Waals surface area contributed by atoms with E-state index >= 15 is 0 Å². The summed E-state index contributed by atoms with van der Waals surface area (Å²) in [6.45, 7) is 5.56. The molecule has 0 atom stereocenters. The second-order valence-corrected chi connectivity index (χ2v) is 4.49. The van der Waals surface area contributed by atoms with Crippen molar-refractivity contribution in [2.75, 3.05) is 14.1 Å². The molecule has 1 heteroatoms. The van der Waals surface area contributed by atoms with Gasteiger partial charge in [-0.25, -0.2) is 0 Å². The molecule has 0 unspecified atom stereocenters. The molecular formula is C14H23N. The molecule has 1 aromatic carbocycles. The normalized spacial score (nSPS) is 11.3. The lowest BCUT2D eigenvalue weighted by atomic mass is 9.93. The molecule has 0 radical (unpaired) electrons. The minimum Gasteiger partial charge on any atom is -0.305 e. The Kier molecular flexibility index (Phi) is 4.83. The fourth-order valence-corrected chi connectivity index (χ4v) is 2.02. The van der Waals surface area contributed by atoms with Gasteiger partial charge in [-0.15, -0.1) is 0 Å². The van der Waals surface area contributed by atoms with Crippen LogP contribution < -0.4 is 0 Å². The summed E-state index contributed by atoms with van der Waals surface area (Å²) in [5.41, 5.74) is 2.89. The van der Waals surface area contributed by atoms with E-state index < -0.39 is 0 Å². The Bertz CT molecular complexity index is 270. The average molecular weight is 205 g/mol. The van der Waals surface area contributed by atoms with Crippen molar-refractivity contribution in [1.29, 1.82) is 0 Å². The summed E-state index contributed by atoms with van der Waals surface area (Å²) in [6.07, 6.45) is 2.48. The molecule has 0 spiro atoms. The minimum atomic E-state index is 0.735. The molecule has 0 amide bonds. The van der Waals surface area contributed by atoms with Crippen molar-refractivity contribution >= 4 is 0 Å². The van der Waals surface area contributed by atoms with Crippen LogP contribution in [0.4, 0.5) is 0 Å². The molecule has 1 rings (SSSR count). The fourth-order valence-electron chi connectivity index (χ4n) is 2.02. The largest absolute Gasteiger partial charge is 0.305 e. The van der Waals surface area contributed by atoms with Crippen LogP contribution in [-0.4, -0.2) is 19.0 Å². The first-order valence-corrected chi connectivity index (χ1v) is 5.90. The standard InChI is InChI=1S/C14H23N/c1-5-13(6-2)14-9-7-12(8-10-14)11-15(3)4/h7-10,13H,5-6,11H2,1-4H3. The molecule has 0 aromatic heterocycles. The molecule has 0 bridgehead atoms. The van der Waals surface area contributed by atoms with Crippen LogP contribution in [-0.2, 0) is 6.54 Å². The summed E-state index contributed by atoms with van der Waals surface area (Å²) >= 11 is 0. The summed E-state index contributed by atoms with van der Waals surface area (Å²) in [5.74, 6) is 0.735. The summed E-state index contributed by atoms with van der Waals surface area (Å²) < 4.78 is 0. The monoisotopic (exact) mass is 205 g/mol. The lowest BCUT2D eigenvalue weighted by Crippen LogP contribution is -2.10. The fraction of sp³-hybridized carbons (Fsp3) is 0.571. The van der Waals surface area contributed by atoms with E-state index in [4.69, 9.17) is 0 Å². The van der Waals surface area contributed by atoms with Crippen LogP contribution in [0.15, 0.2) is 24.3 Å². The van der Waals surface area contributed by atoms with E-state index in [-0.39, 0.29) is 0 Å². The molecule has 0 aliphatic carbocycles. The molecule has 0 saturated carbocycles. The maximum atomic E-state index is 2.29. The van der Waals surface area contributed by atoms with Gasteiger partial charge in [0.05, 0.1) is 0 Å². The maximum Gasteiger partial charge on any atom is 0.0227 e. The number of benzene rings is 1. The lowest BCUT2D eigenvalue weighted by Gasteiger charge is -2.14. The van der Waals surface area contributed by atoms with Crippen molar-refractivity contribution in [2.24, 2.45) is 0 Å². The molecule has 84 valence electrons. The van der Waals surface area contributed by atoms with Crippen molar-refractivity contribution < 1.29 is 0 Å². The Labute approximate surface area is 94.1 Å². The summed E-state index contributed by atoms with van der Waals surface area (Å²) in [7, 11) is 4.21. The molecule has 0 fully saturated rings. The zero-order valence-corrected chi connectivity index (χ0v) is 10.5. The van der Waals surface area contributed by atoms with Gasteiger partial charge < -0.3 is 4.90 Å². The molecule has 0 aliphatic rings. The second-order valence-electron chi connectivity index (χ2n) is 4.49. The van der Waals surface area contributed by atoms with E-state index in [9.17, 15) is 0 Å². The quantitative estimate of drug-likeness (QED) is 0.709. The molecule has 1 nitrogen and oxygen atoms in total. The number of nitrogens with zero attached hydrogens (tertiary/aromatic N) is 1. The maximum absolute atomic E-state index is 2.29. The van der Waals surface area contributed by atoms with E-state index in [1.165, 1.54) is 24.0 Å². The highest BCUT2D eigenvalue weighted by Gasteiger charge is 2.06. The van der Waals surface area contributed by atoms with Gasteiger partial charge in [0, 0.05) is 6.54 Å². The van der Waals surface area contributed by atoms with Crippen molar-refractivity contribution in [3.8, 4) is 0 Å². The predicted molar refractivity (Wildman–Crippen MR) is 67.2 cm³/mol. The first-order valence-electron chi connectivity index (χ1n) is 5.90. The van der Waals surface area contributed by atoms with Crippen LogP contribution in [0, 0.1) is 0 Å². The van der Waals surface area contributed by atoms with Crippen LogP contribution in [0.25, 0.3) is 0 Å². The van der Waals surface area contributed by atoms with Gasteiger partial charge in [-0.1, -0.05) is 38.1 Å². The molecule has 0 aliphatic heterocycles. The Hall–Kier alpha value is -0.820. The summed E-state index contributed by atoms with van der Waals surface area (Å²) in [5, 5.41) is 0. The molecule has 0 heterocycles. The molecule has 0 saturated heterocycles. The Morgan fingerprint density at radius 1 is 1.00 bits per heavy atom. The minimum absolute atomic E-state index is 0.735. The highest BCUT2D eigenvalue weighted by molar-refractivity contribution is 5.25. The summed E-state index contributed by atoms with van der Waals surface area (Å²) in [6, 6.07) is 9.09. The van der Waals surface area contributed by atoms with Gasteiger partial charge in [0.2, 0.25) is 0 Å². The Morgan fingerprint density at radius 3 is 1.93 bits per heavy atom. The number of hydrogen-bond donors (Lipinski definition) is 0. The average Bonchev–Trinajstić information content (AvgIpc) is 2.21. The van der Waals surface area contributed by atoms with Gasteiger partial charge in [0.1, 0.15) is 0 Å². The van der Waals surface area contributed by atoms with Crippen LogP contribution in [0.3, 0.4) is 0 Å². The van der Waals surface area contributed by atoms with E-state index in [1.807, 2.05) is 0 Å². The lowest BCUT2D eigenvalue weighted by molar-refractivity contribution is 0.402. The van der Waals surface area contributed by atoms with Gasteiger partial charge in [-0.3, -0.25) is 0 Å². The number of hydrogen-bond acceptors (Lipinski definition) is 1. The third-order valence-corrected chi connectivity index (χ3v) is 2.94. The van der Waals surface area contributed by atoms with Crippen LogP contribution in [0.5, 0.6) is 0 Å².